The Morgan fingerprint density at radius 3 is 2.48 bits per heavy atom. The van der Waals surface area contributed by atoms with Gasteiger partial charge in [-0.05, 0) is 50.5 Å². The van der Waals surface area contributed by atoms with Crippen molar-refractivity contribution in [3.63, 3.8) is 0 Å². The summed E-state index contributed by atoms with van der Waals surface area (Å²) >= 11 is 0. The third-order valence-electron chi connectivity index (χ3n) is 4.12. The maximum atomic E-state index is 12.0. The Labute approximate surface area is 160 Å². The molecule has 0 fully saturated rings. The smallest absolute Gasteiger partial charge is 0.255 e. The Balaban J connectivity index is 1.67. The highest BCUT2D eigenvalue weighted by Gasteiger charge is 2.14. The topological polar surface area (TPSA) is 80.6 Å². The van der Waals surface area contributed by atoms with E-state index >= 15 is 0 Å². The van der Waals surface area contributed by atoms with Gasteiger partial charge in [0.25, 0.3) is 5.91 Å². The van der Waals surface area contributed by atoms with Gasteiger partial charge in [-0.15, -0.1) is 0 Å². The van der Waals surface area contributed by atoms with Gasteiger partial charge in [0.05, 0.1) is 18.7 Å². The van der Waals surface area contributed by atoms with Gasteiger partial charge in [-0.2, -0.15) is 0 Å². The summed E-state index contributed by atoms with van der Waals surface area (Å²) in [5.74, 6) is 1.55. The first-order valence-electron chi connectivity index (χ1n) is 9.33. The third kappa shape index (κ3) is 6.81. The minimum Gasteiger partial charge on any atom is -0.494 e. The molecule has 0 unspecified atom stereocenters. The molecule has 0 aliphatic carbocycles. The van der Waals surface area contributed by atoms with Crippen molar-refractivity contribution in [1.29, 1.82) is 0 Å². The predicted molar refractivity (Wildman–Crippen MR) is 104 cm³/mol. The van der Waals surface area contributed by atoms with Crippen LogP contribution >= 0.6 is 0 Å². The SMILES string of the molecule is CCCCOc1ccc(CCNC(=O)CNC(=O)c2cc(C)oc2C)cc1. The lowest BCUT2D eigenvalue weighted by molar-refractivity contribution is -0.120. The highest BCUT2D eigenvalue weighted by Crippen LogP contribution is 2.14. The number of aryl methyl sites for hydroxylation is 2. The van der Waals surface area contributed by atoms with Crippen LogP contribution in [0.1, 0.15) is 47.2 Å². The maximum absolute atomic E-state index is 12.0. The molecular formula is C21H28N2O4. The lowest BCUT2D eigenvalue weighted by Crippen LogP contribution is -2.37. The summed E-state index contributed by atoms with van der Waals surface area (Å²) in [7, 11) is 0. The van der Waals surface area contributed by atoms with Crippen LogP contribution < -0.4 is 15.4 Å². The van der Waals surface area contributed by atoms with Crippen molar-refractivity contribution >= 4 is 11.8 Å². The van der Waals surface area contributed by atoms with Crippen molar-refractivity contribution in [1.82, 2.24) is 10.6 Å². The van der Waals surface area contributed by atoms with Gasteiger partial charge in [-0.3, -0.25) is 9.59 Å². The van der Waals surface area contributed by atoms with E-state index in [2.05, 4.69) is 17.6 Å². The van der Waals surface area contributed by atoms with Crippen LogP contribution in [-0.4, -0.2) is 31.5 Å². The average molecular weight is 372 g/mol. The second-order valence-corrected chi connectivity index (χ2v) is 6.46. The Kier molecular flexibility index (Phi) is 7.92. The number of benzene rings is 1. The third-order valence-corrected chi connectivity index (χ3v) is 4.12. The van der Waals surface area contributed by atoms with Gasteiger partial charge >= 0.3 is 0 Å². The van der Waals surface area contributed by atoms with Crippen molar-refractivity contribution < 1.29 is 18.7 Å². The van der Waals surface area contributed by atoms with E-state index in [9.17, 15) is 9.59 Å². The van der Waals surface area contributed by atoms with Crippen molar-refractivity contribution in [2.24, 2.45) is 0 Å². The molecule has 0 radical (unpaired) electrons. The summed E-state index contributed by atoms with van der Waals surface area (Å²) in [6.45, 7) is 6.81. The van der Waals surface area contributed by atoms with Crippen LogP contribution in [0.5, 0.6) is 5.75 Å². The van der Waals surface area contributed by atoms with E-state index in [1.165, 1.54) is 0 Å². The minimum absolute atomic E-state index is 0.0628. The molecule has 0 bridgehead atoms. The number of nitrogens with one attached hydrogen (secondary N) is 2. The van der Waals surface area contributed by atoms with Crippen molar-refractivity contribution in [3.8, 4) is 5.75 Å². The van der Waals surface area contributed by atoms with E-state index < -0.39 is 0 Å². The second-order valence-electron chi connectivity index (χ2n) is 6.46. The van der Waals surface area contributed by atoms with Crippen LogP contribution in [0.15, 0.2) is 34.7 Å². The molecule has 1 aromatic heterocycles. The number of unbranched alkanes of at least 4 members (excludes halogenated alkanes) is 1. The van der Waals surface area contributed by atoms with Crippen LogP contribution in [0, 0.1) is 13.8 Å². The zero-order valence-corrected chi connectivity index (χ0v) is 16.3. The molecule has 146 valence electrons. The molecule has 0 atom stereocenters. The number of carbonyl (C=O) groups excluding carboxylic acids is 2. The number of hydrogen-bond acceptors (Lipinski definition) is 4. The van der Waals surface area contributed by atoms with Gasteiger partial charge in [0, 0.05) is 6.54 Å². The monoisotopic (exact) mass is 372 g/mol. The lowest BCUT2D eigenvalue weighted by Gasteiger charge is -2.08. The number of hydrogen-bond donors (Lipinski definition) is 2. The number of rotatable bonds is 10. The van der Waals surface area contributed by atoms with Crippen LogP contribution in [0.4, 0.5) is 0 Å². The van der Waals surface area contributed by atoms with E-state index in [-0.39, 0.29) is 18.4 Å². The highest BCUT2D eigenvalue weighted by molar-refractivity contribution is 5.97. The van der Waals surface area contributed by atoms with E-state index in [4.69, 9.17) is 9.15 Å². The van der Waals surface area contributed by atoms with E-state index in [1.54, 1.807) is 19.9 Å². The molecule has 0 aliphatic heterocycles. The zero-order valence-electron chi connectivity index (χ0n) is 16.3. The van der Waals surface area contributed by atoms with Gasteiger partial charge in [0.2, 0.25) is 5.91 Å². The van der Waals surface area contributed by atoms with E-state index in [0.717, 1.165) is 37.2 Å². The fourth-order valence-corrected chi connectivity index (χ4v) is 2.61. The summed E-state index contributed by atoms with van der Waals surface area (Å²) in [6.07, 6.45) is 2.87. The molecular weight excluding hydrogens is 344 g/mol. The predicted octanol–water partition coefficient (Wildman–Crippen LogP) is 3.16. The second kappa shape index (κ2) is 10.4. The summed E-state index contributed by atoms with van der Waals surface area (Å²) < 4.78 is 10.9. The van der Waals surface area contributed by atoms with Crippen LogP contribution in [0.3, 0.4) is 0 Å². The Hall–Kier alpha value is -2.76. The first kappa shape index (κ1) is 20.6. The molecule has 1 heterocycles. The first-order chi connectivity index (χ1) is 13.0. The Bertz CT molecular complexity index is 750. The minimum atomic E-state index is -0.307. The normalized spacial score (nSPS) is 10.5. The van der Waals surface area contributed by atoms with Gasteiger partial charge in [-0.1, -0.05) is 25.5 Å². The van der Waals surface area contributed by atoms with Gasteiger partial charge < -0.3 is 19.8 Å². The van der Waals surface area contributed by atoms with E-state index in [1.807, 2.05) is 24.3 Å². The Morgan fingerprint density at radius 2 is 1.85 bits per heavy atom. The van der Waals surface area contributed by atoms with E-state index in [0.29, 0.717) is 23.6 Å². The molecule has 6 heteroatoms. The molecule has 1 aromatic carbocycles. The molecule has 0 spiro atoms. The fourth-order valence-electron chi connectivity index (χ4n) is 2.61. The molecule has 2 N–H and O–H groups in total. The lowest BCUT2D eigenvalue weighted by atomic mass is 10.1. The van der Waals surface area contributed by atoms with Crippen molar-refractivity contribution in [3.05, 3.63) is 53.0 Å². The molecule has 2 rings (SSSR count). The van der Waals surface area contributed by atoms with Crippen molar-refractivity contribution in [2.45, 2.75) is 40.0 Å². The van der Waals surface area contributed by atoms with Crippen LogP contribution in [0.2, 0.25) is 0 Å². The number of carbonyl (C=O) groups is 2. The maximum Gasteiger partial charge on any atom is 0.255 e. The highest BCUT2D eigenvalue weighted by atomic mass is 16.5. The van der Waals surface area contributed by atoms with Crippen LogP contribution in [-0.2, 0) is 11.2 Å². The first-order valence-corrected chi connectivity index (χ1v) is 9.33. The molecule has 27 heavy (non-hydrogen) atoms. The number of ether oxygens (including phenoxy) is 1. The zero-order chi connectivity index (χ0) is 19.6. The average Bonchev–Trinajstić information content (AvgIpc) is 2.99. The summed E-state index contributed by atoms with van der Waals surface area (Å²) in [5.41, 5.74) is 1.58. The molecule has 0 saturated carbocycles. The Morgan fingerprint density at radius 1 is 1.11 bits per heavy atom. The quantitative estimate of drug-likeness (QED) is 0.628. The molecule has 2 aromatic rings. The van der Waals surface area contributed by atoms with Crippen LogP contribution in [0.25, 0.3) is 0 Å². The number of amides is 2. The summed E-state index contributed by atoms with van der Waals surface area (Å²) in [4.78, 5) is 23.9. The van der Waals surface area contributed by atoms with Crippen molar-refractivity contribution in [2.75, 3.05) is 19.7 Å². The molecule has 0 saturated heterocycles. The molecule has 2 amide bonds. The number of furan rings is 1. The summed E-state index contributed by atoms with van der Waals surface area (Å²) in [6, 6.07) is 9.56. The van der Waals surface area contributed by atoms with Gasteiger partial charge in [0.1, 0.15) is 17.3 Å². The fraction of sp³-hybridized carbons (Fsp3) is 0.429. The van der Waals surface area contributed by atoms with Gasteiger partial charge in [0.15, 0.2) is 0 Å². The standard InChI is InChI=1S/C21H28N2O4/c1-4-5-12-26-18-8-6-17(7-9-18)10-11-22-20(24)14-23-21(25)19-13-15(2)27-16(19)3/h6-9,13H,4-5,10-12,14H2,1-3H3,(H,22,24)(H,23,25). The van der Waals surface area contributed by atoms with Gasteiger partial charge in [-0.25, -0.2) is 0 Å². The largest absolute Gasteiger partial charge is 0.494 e. The molecule has 6 nitrogen and oxygen atoms in total. The molecule has 0 aliphatic rings. The summed E-state index contributed by atoms with van der Waals surface area (Å²) in [5, 5.41) is 5.41.